The zero-order valence-corrected chi connectivity index (χ0v) is 24.8. The van der Waals surface area contributed by atoms with E-state index in [1.807, 2.05) is 22.7 Å². The Morgan fingerprint density at radius 2 is 1.02 bits per heavy atom. The normalized spacial score (nSPS) is 11.7. The van der Waals surface area contributed by atoms with Gasteiger partial charge in [-0.25, -0.2) is 0 Å². The monoisotopic (exact) mass is 583 g/mol. The summed E-state index contributed by atoms with van der Waals surface area (Å²) >= 11 is 3.74. The molecule has 0 aliphatic rings. The Kier molecular flexibility index (Phi) is 5.62. The van der Waals surface area contributed by atoms with Crippen molar-refractivity contribution in [1.82, 2.24) is 0 Å². The Morgan fingerprint density at radius 3 is 1.91 bits per heavy atom. The summed E-state index contributed by atoms with van der Waals surface area (Å²) < 4.78 is 5.25. The third-order valence-electron chi connectivity index (χ3n) is 8.43. The molecule has 1 nitrogen and oxygen atoms in total. The molecule has 2 aromatic heterocycles. The lowest BCUT2D eigenvalue weighted by atomic mass is 10.0. The fourth-order valence-corrected chi connectivity index (χ4v) is 8.67. The summed E-state index contributed by atoms with van der Waals surface area (Å²) in [5, 5.41) is 7.75. The van der Waals surface area contributed by atoms with E-state index in [1.165, 1.54) is 67.9 Å². The van der Waals surface area contributed by atoms with Gasteiger partial charge in [-0.3, -0.25) is 0 Å². The molecule has 202 valence electrons. The molecule has 0 unspecified atom stereocenters. The quantitative estimate of drug-likeness (QED) is 0.199. The van der Waals surface area contributed by atoms with E-state index in [0.29, 0.717) is 0 Å². The topological polar surface area (TPSA) is 3.24 Å². The Hall–Kier alpha value is -4.96. The molecule has 0 bridgehead atoms. The molecule has 0 fully saturated rings. The molecule has 0 N–H and O–H groups in total. The van der Waals surface area contributed by atoms with Crippen LogP contribution in [0.4, 0.5) is 17.1 Å². The van der Waals surface area contributed by atoms with Crippen LogP contribution >= 0.6 is 22.7 Å². The number of anilines is 3. The maximum absolute atomic E-state index is 2.45. The summed E-state index contributed by atoms with van der Waals surface area (Å²) in [6, 6.07) is 55.5. The molecule has 0 aliphatic carbocycles. The van der Waals surface area contributed by atoms with Gasteiger partial charge in [0.2, 0.25) is 0 Å². The van der Waals surface area contributed by atoms with Crippen molar-refractivity contribution in [3.8, 4) is 11.1 Å². The summed E-state index contributed by atoms with van der Waals surface area (Å²) in [6.07, 6.45) is 0. The van der Waals surface area contributed by atoms with Gasteiger partial charge in [-0.05, 0) is 76.5 Å². The van der Waals surface area contributed by atoms with Crippen molar-refractivity contribution >= 4 is 90.9 Å². The van der Waals surface area contributed by atoms with Crippen molar-refractivity contribution in [3.63, 3.8) is 0 Å². The van der Waals surface area contributed by atoms with Gasteiger partial charge in [0.05, 0.1) is 10.4 Å². The first-order valence-corrected chi connectivity index (χ1v) is 16.1. The van der Waals surface area contributed by atoms with Crippen molar-refractivity contribution in [3.05, 3.63) is 152 Å². The Balaban J connectivity index is 1.29. The minimum Gasteiger partial charge on any atom is -0.309 e. The first-order chi connectivity index (χ1) is 21.3. The van der Waals surface area contributed by atoms with Crippen LogP contribution in [-0.4, -0.2) is 0 Å². The molecule has 0 saturated heterocycles. The van der Waals surface area contributed by atoms with Gasteiger partial charge in [-0.2, -0.15) is 0 Å². The molecule has 9 rings (SSSR count). The zero-order chi connectivity index (χ0) is 28.3. The van der Waals surface area contributed by atoms with Gasteiger partial charge >= 0.3 is 0 Å². The van der Waals surface area contributed by atoms with Crippen molar-refractivity contribution in [1.29, 1.82) is 0 Å². The predicted octanol–water partition coefficient (Wildman–Crippen LogP) is 12.7. The lowest BCUT2D eigenvalue weighted by Crippen LogP contribution is -2.10. The van der Waals surface area contributed by atoms with E-state index in [9.17, 15) is 0 Å². The van der Waals surface area contributed by atoms with Crippen molar-refractivity contribution in [2.24, 2.45) is 0 Å². The molecule has 2 heterocycles. The van der Waals surface area contributed by atoms with Crippen LogP contribution < -0.4 is 4.90 Å². The number of benzene rings is 7. The highest BCUT2D eigenvalue weighted by molar-refractivity contribution is 7.26. The van der Waals surface area contributed by atoms with E-state index >= 15 is 0 Å². The van der Waals surface area contributed by atoms with Crippen LogP contribution in [0.1, 0.15) is 0 Å². The third-order valence-corrected chi connectivity index (χ3v) is 10.8. The molecular weight excluding hydrogens is 559 g/mol. The minimum atomic E-state index is 1.15. The maximum Gasteiger partial charge on any atom is 0.0640 e. The molecule has 7 aromatic carbocycles. The average Bonchev–Trinajstić information content (AvgIpc) is 3.64. The predicted molar refractivity (Wildman–Crippen MR) is 190 cm³/mol. The number of rotatable bonds is 4. The molecule has 0 amide bonds. The number of hydrogen-bond acceptors (Lipinski definition) is 3. The first-order valence-electron chi connectivity index (χ1n) is 14.5. The Bertz CT molecular complexity index is 2480. The second-order valence-electron chi connectivity index (χ2n) is 11.0. The van der Waals surface area contributed by atoms with Crippen molar-refractivity contribution in [2.75, 3.05) is 4.90 Å². The fourth-order valence-electron chi connectivity index (χ4n) is 6.38. The maximum atomic E-state index is 2.45. The highest BCUT2D eigenvalue weighted by atomic mass is 32.1. The third kappa shape index (κ3) is 4.04. The van der Waals surface area contributed by atoms with Gasteiger partial charge in [-0.15, -0.1) is 22.7 Å². The lowest BCUT2D eigenvalue weighted by molar-refractivity contribution is 1.31. The van der Waals surface area contributed by atoms with Crippen LogP contribution in [0.3, 0.4) is 0 Å². The molecule has 43 heavy (non-hydrogen) atoms. The molecule has 0 saturated carbocycles. The summed E-state index contributed by atoms with van der Waals surface area (Å²) in [4.78, 5) is 2.45. The SMILES string of the molecule is c1cc(-c2ccc3ccccc3c2)cc(N(c2ccc3sc4ccccc4c3c2)c2cccc3c2sc2ccccc23)c1. The number of nitrogens with zero attached hydrogens (tertiary/aromatic N) is 1. The summed E-state index contributed by atoms with van der Waals surface area (Å²) in [7, 11) is 0. The van der Waals surface area contributed by atoms with Crippen LogP contribution in [0, 0.1) is 0 Å². The van der Waals surface area contributed by atoms with Crippen LogP contribution in [0.5, 0.6) is 0 Å². The van der Waals surface area contributed by atoms with Crippen molar-refractivity contribution in [2.45, 2.75) is 0 Å². The van der Waals surface area contributed by atoms with Crippen LogP contribution in [-0.2, 0) is 0 Å². The number of hydrogen-bond donors (Lipinski definition) is 0. The molecule has 0 aliphatic heterocycles. The van der Waals surface area contributed by atoms with Crippen LogP contribution in [0.2, 0.25) is 0 Å². The van der Waals surface area contributed by atoms with E-state index in [-0.39, 0.29) is 0 Å². The van der Waals surface area contributed by atoms with E-state index in [1.54, 1.807) is 0 Å². The molecule has 0 spiro atoms. The average molecular weight is 584 g/mol. The summed E-state index contributed by atoms with van der Waals surface area (Å²) in [6.45, 7) is 0. The van der Waals surface area contributed by atoms with Gasteiger partial charge in [0.25, 0.3) is 0 Å². The van der Waals surface area contributed by atoms with Crippen LogP contribution in [0.15, 0.2) is 152 Å². The Labute approximate surface area is 257 Å². The second kappa shape index (κ2) is 9.81. The van der Waals surface area contributed by atoms with Crippen molar-refractivity contribution < 1.29 is 0 Å². The number of fused-ring (bicyclic) bond motifs is 7. The van der Waals surface area contributed by atoms with E-state index in [4.69, 9.17) is 0 Å². The van der Waals surface area contributed by atoms with E-state index in [0.717, 1.165) is 11.4 Å². The highest BCUT2D eigenvalue weighted by Crippen LogP contribution is 2.46. The van der Waals surface area contributed by atoms with Gasteiger partial charge < -0.3 is 4.90 Å². The van der Waals surface area contributed by atoms with E-state index in [2.05, 4.69) is 157 Å². The summed E-state index contributed by atoms with van der Waals surface area (Å²) in [5.74, 6) is 0. The molecular formula is C40H25NS2. The largest absolute Gasteiger partial charge is 0.309 e. The molecule has 3 heteroatoms. The standard InChI is InChI=1S/C40H25NS2/c1-2-10-27-23-29(20-19-26(27)9-1)28-11-7-12-30(24-28)41(31-21-22-39-35(25-31)33-14-4-5-17-37(33)42-39)36-16-8-15-34-32-13-3-6-18-38(32)43-40(34)36/h1-25H. The molecule has 0 atom stereocenters. The smallest absolute Gasteiger partial charge is 0.0640 e. The molecule has 0 radical (unpaired) electrons. The number of thiophene rings is 2. The fraction of sp³-hybridized carbons (Fsp3) is 0. The Morgan fingerprint density at radius 1 is 0.372 bits per heavy atom. The van der Waals surface area contributed by atoms with Gasteiger partial charge in [0.1, 0.15) is 0 Å². The van der Waals surface area contributed by atoms with Crippen LogP contribution in [0.25, 0.3) is 62.2 Å². The van der Waals surface area contributed by atoms with Gasteiger partial charge in [0, 0.05) is 47.0 Å². The second-order valence-corrected chi connectivity index (χ2v) is 13.1. The first kappa shape index (κ1) is 24.6. The minimum absolute atomic E-state index is 1.15. The molecule has 9 aromatic rings. The van der Waals surface area contributed by atoms with E-state index < -0.39 is 0 Å². The van der Waals surface area contributed by atoms with Gasteiger partial charge in [-0.1, -0.05) is 97.1 Å². The lowest BCUT2D eigenvalue weighted by Gasteiger charge is -2.27. The summed E-state index contributed by atoms with van der Waals surface area (Å²) in [5.41, 5.74) is 5.94. The highest BCUT2D eigenvalue weighted by Gasteiger charge is 2.19. The van der Waals surface area contributed by atoms with Gasteiger partial charge in [0.15, 0.2) is 0 Å². The zero-order valence-electron chi connectivity index (χ0n) is 23.2.